The van der Waals surface area contributed by atoms with Crippen LogP contribution in [0.2, 0.25) is 0 Å². The molecule has 0 aromatic carbocycles. The van der Waals surface area contributed by atoms with Crippen LogP contribution in [0.15, 0.2) is 0 Å². The van der Waals surface area contributed by atoms with Gasteiger partial charge in [0.1, 0.15) is 12.1 Å². The molecule has 0 aromatic rings. The Morgan fingerprint density at radius 3 is 2.26 bits per heavy atom. The zero-order chi connectivity index (χ0) is 17.6. The van der Waals surface area contributed by atoms with E-state index in [0.717, 1.165) is 6.42 Å². The predicted octanol–water partition coefficient (Wildman–Crippen LogP) is -1.08. The maximum absolute atomic E-state index is 12.2. The summed E-state index contributed by atoms with van der Waals surface area (Å²) in [5.41, 5.74) is 0. The van der Waals surface area contributed by atoms with E-state index in [9.17, 15) is 19.2 Å². The molecule has 1 aliphatic heterocycles. The van der Waals surface area contributed by atoms with Gasteiger partial charge in [-0.25, -0.2) is 4.79 Å². The highest BCUT2D eigenvalue weighted by atomic mass is 16.4. The lowest BCUT2D eigenvalue weighted by Gasteiger charge is -2.23. The highest BCUT2D eigenvalue weighted by Gasteiger charge is 2.32. The van der Waals surface area contributed by atoms with Crippen molar-refractivity contribution in [3.63, 3.8) is 0 Å². The van der Waals surface area contributed by atoms with Crippen LogP contribution in [-0.2, 0) is 19.2 Å². The number of nitrogens with one attached hydrogen (secondary N) is 3. The first kappa shape index (κ1) is 18.9. The van der Waals surface area contributed by atoms with Crippen LogP contribution in [0.1, 0.15) is 33.1 Å². The van der Waals surface area contributed by atoms with E-state index < -0.39 is 48.3 Å². The average Bonchev–Trinajstić information content (AvgIpc) is 2.96. The first-order chi connectivity index (χ1) is 10.7. The van der Waals surface area contributed by atoms with Crippen molar-refractivity contribution in [3.05, 3.63) is 0 Å². The first-order valence-corrected chi connectivity index (χ1v) is 7.51. The van der Waals surface area contributed by atoms with Crippen molar-refractivity contribution < 1.29 is 29.4 Å². The molecule has 0 aliphatic carbocycles. The summed E-state index contributed by atoms with van der Waals surface area (Å²) in [5, 5.41) is 25.6. The summed E-state index contributed by atoms with van der Waals surface area (Å²) in [6.45, 7) is 3.92. The molecular formula is C14H23N3O6. The van der Waals surface area contributed by atoms with Gasteiger partial charge in [-0.3, -0.25) is 14.4 Å². The molecular weight excluding hydrogens is 306 g/mol. The van der Waals surface area contributed by atoms with E-state index in [0.29, 0.717) is 13.0 Å². The Bertz CT molecular complexity index is 473. The van der Waals surface area contributed by atoms with Gasteiger partial charge in [0.15, 0.2) is 0 Å². The lowest BCUT2D eigenvalue weighted by Crippen LogP contribution is -2.55. The number of carbonyl (C=O) groups is 4. The number of rotatable bonds is 8. The quantitative estimate of drug-likeness (QED) is 0.381. The summed E-state index contributed by atoms with van der Waals surface area (Å²) in [4.78, 5) is 46.2. The molecule has 130 valence electrons. The van der Waals surface area contributed by atoms with Crippen molar-refractivity contribution >= 4 is 23.8 Å². The summed E-state index contributed by atoms with van der Waals surface area (Å²) < 4.78 is 0. The van der Waals surface area contributed by atoms with E-state index in [2.05, 4.69) is 16.0 Å². The molecule has 23 heavy (non-hydrogen) atoms. The normalized spacial score (nSPS) is 19.9. The third-order valence-electron chi connectivity index (χ3n) is 3.62. The fourth-order valence-corrected chi connectivity index (χ4v) is 2.33. The van der Waals surface area contributed by atoms with Crippen LogP contribution < -0.4 is 16.0 Å². The van der Waals surface area contributed by atoms with Gasteiger partial charge in [0, 0.05) is 0 Å². The molecule has 1 saturated heterocycles. The van der Waals surface area contributed by atoms with Crippen molar-refractivity contribution in [3.8, 4) is 0 Å². The number of carboxylic acid groups (broad SMARTS) is 2. The Kier molecular flexibility index (Phi) is 6.95. The summed E-state index contributed by atoms with van der Waals surface area (Å²) >= 11 is 0. The van der Waals surface area contributed by atoms with Gasteiger partial charge in [-0.15, -0.1) is 0 Å². The molecule has 1 rings (SSSR count). The van der Waals surface area contributed by atoms with Gasteiger partial charge in [0.05, 0.1) is 12.5 Å². The number of hydrogen-bond acceptors (Lipinski definition) is 5. The molecule has 5 N–H and O–H groups in total. The Labute approximate surface area is 133 Å². The maximum Gasteiger partial charge on any atom is 0.326 e. The molecule has 1 heterocycles. The minimum absolute atomic E-state index is 0.380. The standard InChI is InChI=1S/C14H23N3O6/c1-7(2)11(14(22)23)17-13(21)9(6-10(18)19)16-12(20)8-4-3-5-15-8/h7-9,11,15H,3-6H2,1-2H3,(H,16,20)(H,17,21)(H,18,19)(H,22,23)/t8-,9-,11-/m0/s1. The second-order valence-corrected chi connectivity index (χ2v) is 5.88. The highest BCUT2D eigenvalue weighted by molar-refractivity contribution is 5.94. The van der Waals surface area contributed by atoms with Crippen LogP contribution in [0.5, 0.6) is 0 Å². The zero-order valence-corrected chi connectivity index (χ0v) is 13.2. The molecule has 0 radical (unpaired) electrons. The number of carbonyl (C=O) groups excluding carboxylic acids is 2. The van der Waals surface area contributed by atoms with Crippen molar-refractivity contribution in [2.45, 2.75) is 51.2 Å². The van der Waals surface area contributed by atoms with Crippen LogP contribution in [0.3, 0.4) is 0 Å². The van der Waals surface area contributed by atoms with Gasteiger partial charge in [0.25, 0.3) is 0 Å². The largest absolute Gasteiger partial charge is 0.481 e. The molecule has 0 saturated carbocycles. The molecule has 0 aromatic heterocycles. The second-order valence-electron chi connectivity index (χ2n) is 5.88. The van der Waals surface area contributed by atoms with E-state index in [4.69, 9.17) is 10.2 Å². The third kappa shape index (κ3) is 5.85. The minimum atomic E-state index is -1.32. The summed E-state index contributed by atoms with van der Waals surface area (Å²) in [6, 6.07) is -2.93. The number of aliphatic carboxylic acids is 2. The molecule has 0 bridgehead atoms. The predicted molar refractivity (Wildman–Crippen MR) is 79.6 cm³/mol. The van der Waals surface area contributed by atoms with E-state index >= 15 is 0 Å². The monoisotopic (exact) mass is 329 g/mol. The van der Waals surface area contributed by atoms with Crippen molar-refractivity contribution in [1.29, 1.82) is 0 Å². The Morgan fingerprint density at radius 1 is 1.17 bits per heavy atom. The third-order valence-corrected chi connectivity index (χ3v) is 3.62. The fourth-order valence-electron chi connectivity index (χ4n) is 2.33. The van der Waals surface area contributed by atoms with Gasteiger partial charge in [-0.2, -0.15) is 0 Å². The maximum atomic E-state index is 12.2. The van der Waals surface area contributed by atoms with E-state index in [-0.39, 0.29) is 5.92 Å². The summed E-state index contributed by atoms with van der Waals surface area (Å²) in [7, 11) is 0. The molecule has 0 unspecified atom stereocenters. The molecule has 1 fully saturated rings. The van der Waals surface area contributed by atoms with Crippen molar-refractivity contribution in [2.24, 2.45) is 5.92 Å². The molecule has 9 heteroatoms. The van der Waals surface area contributed by atoms with Gasteiger partial charge < -0.3 is 26.2 Å². The molecule has 0 spiro atoms. The zero-order valence-electron chi connectivity index (χ0n) is 13.2. The van der Waals surface area contributed by atoms with Crippen LogP contribution in [-0.4, -0.2) is 58.6 Å². The van der Waals surface area contributed by atoms with Crippen molar-refractivity contribution in [2.75, 3.05) is 6.54 Å². The van der Waals surface area contributed by atoms with E-state index in [1.54, 1.807) is 13.8 Å². The molecule has 9 nitrogen and oxygen atoms in total. The second kappa shape index (κ2) is 8.47. The molecule has 1 aliphatic rings. The Morgan fingerprint density at radius 2 is 1.83 bits per heavy atom. The Hall–Kier alpha value is -2.16. The summed E-state index contributed by atoms with van der Waals surface area (Å²) in [6.07, 6.45) is 0.814. The van der Waals surface area contributed by atoms with Gasteiger partial charge in [0.2, 0.25) is 11.8 Å². The topological polar surface area (TPSA) is 145 Å². The fraction of sp³-hybridized carbons (Fsp3) is 0.714. The molecule has 3 atom stereocenters. The van der Waals surface area contributed by atoms with Gasteiger partial charge >= 0.3 is 11.9 Å². The average molecular weight is 329 g/mol. The molecule has 2 amide bonds. The SMILES string of the molecule is CC(C)[C@H](NC(=O)[C@H](CC(=O)O)NC(=O)[C@@H]1CCCN1)C(=O)O. The highest BCUT2D eigenvalue weighted by Crippen LogP contribution is 2.07. The smallest absolute Gasteiger partial charge is 0.326 e. The number of carboxylic acids is 2. The van der Waals surface area contributed by atoms with Gasteiger partial charge in [-0.05, 0) is 25.3 Å². The van der Waals surface area contributed by atoms with Crippen molar-refractivity contribution in [1.82, 2.24) is 16.0 Å². The summed E-state index contributed by atoms with van der Waals surface area (Å²) in [5.74, 6) is -4.14. The number of hydrogen-bond donors (Lipinski definition) is 5. The van der Waals surface area contributed by atoms with Crippen LogP contribution in [0.25, 0.3) is 0 Å². The first-order valence-electron chi connectivity index (χ1n) is 7.51. The lowest BCUT2D eigenvalue weighted by molar-refractivity contribution is -0.144. The minimum Gasteiger partial charge on any atom is -0.481 e. The number of amides is 2. The Balaban J connectivity index is 2.75. The van der Waals surface area contributed by atoms with Crippen LogP contribution >= 0.6 is 0 Å². The van der Waals surface area contributed by atoms with E-state index in [1.807, 2.05) is 0 Å². The van der Waals surface area contributed by atoms with Crippen LogP contribution in [0.4, 0.5) is 0 Å². The van der Waals surface area contributed by atoms with Gasteiger partial charge in [-0.1, -0.05) is 13.8 Å². The van der Waals surface area contributed by atoms with E-state index in [1.165, 1.54) is 0 Å². The lowest BCUT2D eigenvalue weighted by atomic mass is 10.0. The van der Waals surface area contributed by atoms with Crippen LogP contribution in [0, 0.1) is 5.92 Å².